The minimum atomic E-state index is -3.77. The maximum atomic E-state index is 12.8. The third-order valence-electron chi connectivity index (χ3n) is 6.43. The fourth-order valence-corrected chi connectivity index (χ4v) is 5.39. The van der Waals surface area contributed by atoms with Crippen molar-refractivity contribution in [2.24, 2.45) is 0 Å². The number of carbonyl (C=O) groups excluding carboxylic acids is 1. The molecule has 3 aromatic rings. The van der Waals surface area contributed by atoms with E-state index in [0.29, 0.717) is 17.8 Å². The Morgan fingerprint density at radius 2 is 1.74 bits per heavy atom. The first-order valence-corrected chi connectivity index (χ1v) is 13.1. The normalized spacial score (nSPS) is 15.6. The van der Waals surface area contributed by atoms with Crippen LogP contribution >= 0.6 is 0 Å². The lowest BCUT2D eigenvalue weighted by atomic mass is 10.1. The van der Waals surface area contributed by atoms with E-state index in [4.69, 9.17) is 4.42 Å². The Balaban J connectivity index is 1.42. The minimum Gasteiger partial charge on any atom is -0.468 e. The average Bonchev–Trinajstić information content (AvgIpc) is 3.37. The molecule has 1 aliphatic heterocycles. The van der Waals surface area contributed by atoms with Crippen LogP contribution in [-0.4, -0.2) is 38.9 Å². The van der Waals surface area contributed by atoms with Crippen LogP contribution in [-0.2, 0) is 10.0 Å². The third-order valence-corrected chi connectivity index (χ3v) is 7.82. The summed E-state index contributed by atoms with van der Waals surface area (Å²) in [5, 5.41) is 2.99. The Morgan fingerprint density at radius 1 is 1.00 bits per heavy atom. The van der Waals surface area contributed by atoms with Crippen molar-refractivity contribution in [2.45, 2.75) is 44.0 Å². The summed E-state index contributed by atoms with van der Waals surface area (Å²) in [4.78, 5) is 15.3. The number of hydrogen-bond acceptors (Lipinski definition) is 5. The molecule has 1 saturated heterocycles. The number of likely N-dealkylation sites (tertiary alicyclic amines) is 1. The summed E-state index contributed by atoms with van der Waals surface area (Å²) in [6.45, 7) is 6.17. The van der Waals surface area contributed by atoms with E-state index in [1.54, 1.807) is 12.3 Å². The van der Waals surface area contributed by atoms with E-state index in [1.165, 1.54) is 30.7 Å². The van der Waals surface area contributed by atoms with Gasteiger partial charge in [0.05, 0.1) is 22.9 Å². The lowest BCUT2D eigenvalue weighted by Crippen LogP contribution is -2.40. The molecule has 4 rings (SSSR count). The van der Waals surface area contributed by atoms with E-state index in [2.05, 4.69) is 14.9 Å². The standard InChI is InChI=1S/C26H31N3O4S/c1-19-8-6-9-23(20(19)2)28-34(31,32)22-13-11-21(12-14-22)26(30)27-18-24(25-10-7-17-33-25)29-15-4-3-5-16-29/h6-14,17,24,28H,3-5,15-16,18H2,1-2H3,(H,27,30)/t24-/m0/s1. The number of hydrogen-bond donors (Lipinski definition) is 2. The number of sulfonamides is 1. The van der Waals surface area contributed by atoms with Crippen molar-refractivity contribution in [3.63, 3.8) is 0 Å². The number of piperidine rings is 1. The molecular formula is C26H31N3O4S. The van der Waals surface area contributed by atoms with Crippen LogP contribution in [0.25, 0.3) is 0 Å². The molecule has 0 spiro atoms. The Labute approximate surface area is 201 Å². The monoisotopic (exact) mass is 481 g/mol. The summed E-state index contributed by atoms with van der Waals surface area (Å²) in [5.41, 5.74) is 2.83. The molecule has 1 amide bonds. The van der Waals surface area contributed by atoms with Crippen LogP contribution in [0.3, 0.4) is 0 Å². The van der Waals surface area contributed by atoms with Gasteiger partial charge in [-0.3, -0.25) is 14.4 Å². The molecule has 2 aromatic carbocycles. The molecule has 0 radical (unpaired) electrons. The van der Waals surface area contributed by atoms with Crippen molar-refractivity contribution in [3.8, 4) is 0 Å². The van der Waals surface area contributed by atoms with E-state index in [0.717, 1.165) is 42.8 Å². The van der Waals surface area contributed by atoms with Gasteiger partial charge in [-0.05, 0) is 93.4 Å². The second kappa shape index (κ2) is 10.4. The Hall–Kier alpha value is -3.10. The Bertz CT molecular complexity index is 1220. The fourth-order valence-electron chi connectivity index (χ4n) is 4.26. The van der Waals surface area contributed by atoms with Gasteiger partial charge in [0.1, 0.15) is 5.76 Å². The molecule has 180 valence electrons. The zero-order valence-electron chi connectivity index (χ0n) is 19.6. The average molecular weight is 482 g/mol. The number of carbonyl (C=O) groups is 1. The lowest BCUT2D eigenvalue weighted by molar-refractivity contribution is 0.0914. The number of furan rings is 1. The van der Waals surface area contributed by atoms with E-state index in [-0.39, 0.29) is 16.8 Å². The van der Waals surface area contributed by atoms with E-state index >= 15 is 0 Å². The van der Waals surface area contributed by atoms with Crippen LogP contribution < -0.4 is 10.0 Å². The van der Waals surface area contributed by atoms with Gasteiger partial charge >= 0.3 is 0 Å². The summed E-state index contributed by atoms with van der Waals surface area (Å²) in [6.07, 6.45) is 5.15. The third kappa shape index (κ3) is 5.51. The molecule has 7 nitrogen and oxygen atoms in total. The maximum absolute atomic E-state index is 12.8. The zero-order chi connectivity index (χ0) is 24.1. The molecular weight excluding hydrogens is 450 g/mol. The molecule has 1 fully saturated rings. The van der Waals surface area contributed by atoms with Crippen molar-refractivity contribution in [1.82, 2.24) is 10.2 Å². The van der Waals surface area contributed by atoms with Gasteiger partial charge in [-0.1, -0.05) is 18.6 Å². The molecule has 2 heterocycles. The second-order valence-electron chi connectivity index (χ2n) is 8.72. The molecule has 0 aliphatic carbocycles. The first-order valence-electron chi connectivity index (χ1n) is 11.6. The zero-order valence-corrected chi connectivity index (χ0v) is 20.4. The molecule has 2 N–H and O–H groups in total. The quantitative estimate of drug-likeness (QED) is 0.489. The maximum Gasteiger partial charge on any atom is 0.261 e. The molecule has 1 atom stereocenters. The van der Waals surface area contributed by atoms with E-state index in [1.807, 2.05) is 38.1 Å². The van der Waals surface area contributed by atoms with Gasteiger partial charge in [0, 0.05) is 12.1 Å². The molecule has 0 bridgehead atoms. The summed E-state index contributed by atoms with van der Waals surface area (Å²) < 4.78 is 34.0. The predicted octanol–water partition coefficient (Wildman–Crippen LogP) is 4.65. The second-order valence-corrected chi connectivity index (χ2v) is 10.4. The highest BCUT2D eigenvalue weighted by atomic mass is 32.2. The molecule has 8 heteroatoms. The lowest BCUT2D eigenvalue weighted by Gasteiger charge is -2.33. The number of benzene rings is 2. The summed E-state index contributed by atoms with van der Waals surface area (Å²) in [6, 6.07) is 15.2. The number of amides is 1. The van der Waals surface area contributed by atoms with Crippen molar-refractivity contribution in [3.05, 3.63) is 83.3 Å². The van der Waals surface area contributed by atoms with Crippen LogP contribution in [0.4, 0.5) is 5.69 Å². The first kappa shape index (κ1) is 24.0. The topological polar surface area (TPSA) is 91.6 Å². The van der Waals surface area contributed by atoms with Crippen molar-refractivity contribution >= 4 is 21.6 Å². The highest BCUT2D eigenvalue weighted by Gasteiger charge is 2.25. The molecule has 0 saturated carbocycles. The largest absolute Gasteiger partial charge is 0.468 e. The van der Waals surface area contributed by atoms with Gasteiger partial charge in [0.15, 0.2) is 0 Å². The van der Waals surface area contributed by atoms with Crippen LogP contribution in [0.15, 0.2) is 70.2 Å². The van der Waals surface area contributed by atoms with Crippen molar-refractivity contribution < 1.29 is 17.6 Å². The smallest absolute Gasteiger partial charge is 0.261 e. The van der Waals surface area contributed by atoms with Crippen LogP contribution in [0.2, 0.25) is 0 Å². The molecule has 1 aromatic heterocycles. The molecule has 0 unspecified atom stereocenters. The van der Waals surface area contributed by atoms with Crippen LogP contribution in [0.1, 0.15) is 52.5 Å². The SMILES string of the molecule is Cc1cccc(NS(=O)(=O)c2ccc(C(=O)NC[C@@H](c3ccco3)N3CCCCC3)cc2)c1C. The van der Waals surface area contributed by atoms with Gasteiger partial charge in [0.25, 0.3) is 15.9 Å². The van der Waals surface area contributed by atoms with Gasteiger partial charge in [0.2, 0.25) is 0 Å². The molecule has 1 aliphatic rings. The predicted molar refractivity (Wildman–Crippen MR) is 132 cm³/mol. The van der Waals surface area contributed by atoms with Crippen molar-refractivity contribution in [2.75, 3.05) is 24.4 Å². The Morgan fingerprint density at radius 3 is 2.41 bits per heavy atom. The number of aryl methyl sites for hydroxylation is 1. The van der Waals surface area contributed by atoms with Gasteiger partial charge < -0.3 is 9.73 Å². The van der Waals surface area contributed by atoms with Gasteiger partial charge in [-0.15, -0.1) is 0 Å². The van der Waals surface area contributed by atoms with Gasteiger partial charge in [-0.2, -0.15) is 0 Å². The minimum absolute atomic E-state index is 0.0272. The van der Waals surface area contributed by atoms with E-state index in [9.17, 15) is 13.2 Å². The molecule has 34 heavy (non-hydrogen) atoms. The van der Waals surface area contributed by atoms with Gasteiger partial charge in [-0.25, -0.2) is 8.42 Å². The highest BCUT2D eigenvalue weighted by molar-refractivity contribution is 7.92. The number of nitrogens with one attached hydrogen (secondary N) is 2. The number of anilines is 1. The first-order chi connectivity index (χ1) is 16.3. The number of nitrogens with zero attached hydrogens (tertiary/aromatic N) is 1. The summed E-state index contributed by atoms with van der Waals surface area (Å²) in [7, 11) is -3.77. The summed E-state index contributed by atoms with van der Waals surface area (Å²) in [5.74, 6) is 0.584. The van der Waals surface area contributed by atoms with E-state index < -0.39 is 10.0 Å². The number of rotatable bonds is 8. The summed E-state index contributed by atoms with van der Waals surface area (Å²) >= 11 is 0. The van der Waals surface area contributed by atoms with Crippen LogP contribution in [0.5, 0.6) is 0 Å². The Kier molecular flexibility index (Phi) is 7.38. The van der Waals surface area contributed by atoms with Crippen molar-refractivity contribution in [1.29, 1.82) is 0 Å². The van der Waals surface area contributed by atoms with Crippen LogP contribution in [0, 0.1) is 13.8 Å². The fraction of sp³-hybridized carbons (Fsp3) is 0.346. The highest BCUT2D eigenvalue weighted by Crippen LogP contribution is 2.25.